The van der Waals surface area contributed by atoms with Crippen LogP contribution in [-0.4, -0.2) is 70.7 Å². The van der Waals surface area contributed by atoms with E-state index in [0.29, 0.717) is 26.1 Å². The number of rotatable bonds is 8. The van der Waals surface area contributed by atoms with Crippen LogP contribution >= 0.6 is 0 Å². The van der Waals surface area contributed by atoms with Crippen molar-refractivity contribution in [1.82, 2.24) is 24.9 Å². The second-order valence-electron chi connectivity index (χ2n) is 7.17. The molecule has 1 aromatic heterocycles. The fourth-order valence-electron chi connectivity index (χ4n) is 3.28. The molecular formula is C21H29N5O2. The van der Waals surface area contributed by atoms with E-state index in [4.69, 9.17) is 0 Å². The van der Waals surface area contributed by atoms with Crippen molar-refractivity contribution in [3.05, 3.63) is 48.3 Å². The molecule has 1 N–H and O–H groups in total. The molecule has 1 aliphatic heterocycles. The molecule has 0 atom stereocenters. The zero-order valence-electron chi connectivity index (χ0n) is 16.5. The van der Waals surface area contributed by atoms with Gasteiger partial charge in [-0.25, -0.2) is 4.68 Å². The van der Waals surface area contributed by atoms with Crippen molar-refractivity contribution in [1.29, 1.82) is 0 Å². The molecule has 1 aromatic carbocycles. The summed E-state index contributed by atoms with van der Waals surface area (Å²) in [6, 6.07) is 9.86. The highest BCUT2D eigenvalue weighted by Crippen LogP contribution is 2.10. The summed E-state index contributed by atoms with van der Waals surface area (Å²) < 4.78 is 1.79. The molecule has 0 bridgehead atoms. The minimum absolute atomic E-state index is 0.0709. The summed E-state index contributed by atoms with van der Waals surface area (Å²) in [5.41, 5.74) is 1.89. The summed E-state index contributed by atoms with van der Waals surface area (Å²) in [7, 11) is 0. The molecule has 7 nitrogen and oxygen atoms in total. The van der Waals surface area contributed by atoms with E-state index in [1.54, 1.807) is 10.9 Å². The lowest BCUT2D eigenvalue weighted by Crippen LogP contribution is -2.51. The van der Waals surface area contributed by atoms with E-state index in [9.17, 15) is 9.59 Å². The van der Waals surface area contributed by atoms with Crippen molar-refractivity contribution in [2.75, 3.05) is 39.3 Å². The summed E-state index contributed by atoms with van der Waals surface area (Å²) in [6.07, 6.45) is 6.09. The van der Waals surface area contributed by atoms with E-state index in [0.717, 1.165) is 43.7 Å². The number of aromatic nitrogens is 2. The van der Waals surface area contributed by atoms with Crippen LogP contribution in [-0.2, 0) is 16.0 Å². The first-order chi connectivity index (χ1) is 13.7. The Bertz CT molecular complexity index is 766. The average molecular weight is 383 g/mol. The predicted octanol–water partition coefficient (Wildman–Crippen LogP) is 1.48. The van der Waals surface area contributed by atoms with Gasteiger partial charge in [0.25, 0.3) is 0 Å². The minimum Gasteiger partial charge on any atom is -0.355 e. The quantitative estimate of drug-likeness (QED) is 0.701. The Labute approximate surface area is 166 Å². The number of benzene rings is 1. The Morgan fingerprint density at radius 3 is 2.57 bits per heavy atom. The third kappa shape index (κ3) is 5.66. The topological polar surface area (TPSA) is 70.5 Å². The van der Waals surface area contributed by atoms with Crippen molar-refractivity contribution in [3.63, 3.8) is 0 Å². The maximum absolute atomic E-state index is 12.6. The molecule has 0 saturated carbocycles. The highest BCUT2D eigenvalue weighted by atomic mass is 16.2. The summed E-state index contributed by atoms with van der Waals surface area (Å²) in [5, 5.41) is 7.30. The standard InChI is InChI=1S/C21H29N5O2/c1-2-3-9-22-20(27)17-24-10-12-25(13-11-24)21(28)14-18-15-23-26(16-18)19-7-5-4-6-8-19/h4-8,15-16H,2-3,9-14,17H2,1H3,(H,22,27). The zero-order valence-corrected chi connectivity index (χ0v) is 16.5. The van der Waals surface area contributed by atoms with Crippen LogP contribution < -0.4 is 5.32 Å². The van der Waals surface area contributed by atoms with E-state index in [1.807, 2.05) is 41.4 Å². The molecule has 0 unspecified atom stereocenters. The molecule has 1 fully saturated rings. The number of hydrogen-bond donors (Lipinski definition) is 1. The Morgan fingerprint density at radius 1 is 1.11 bits per heavy atom. The summed E-state index contributed by atoms with van der Waals surface area (Å²) in [5.74, 6) is 0.182. The lowest BCUT2D eigenvalue weighted by Gasteiger charge is -2.34. The van der Waals surface area contributed by atoms with Gasteiger partial charge in [0, 0.05) is 38.9 Å². The number of nitrogens with one attached hydrogen (secondary N) is 1. The third-order valence-electron chi connectivity index (χ3n) is 4.96. The van der Waals surface area contributed by atoms with Gasteiger partial charge in [0.05, 0.1) is 24.8 Å². The highest BCUT2D eigenvalue weighted by molar-refractivity contribution is 5.79. The fourth-order valence-corrected chi connectivity index (χ4v) is 3.28. The largest absolute Gasteiger partial charge is 0.355 e. The van der Waals surface area contributed by atoms with Crippen LogP contribution in [0.1, 0.15) is 25.3 Å². The zero-order chi connectivity index (χ0) is 19.8. The van der Waals surface area contributed by atoms with Crippen LogP contribution in [0.5, 0.6) is 0 Å². The van der Waals surface area contributed by atoms with Gasteiger partial charge in [-0.05, 0) is 24.1 Å². The van der Waals surface area contributed by atoms with Gasteiger partial charge in [-0.2, -0.15) is 5.10 Å². The number of carbonyl (C=O) groups excluding carboxylic acids is 2. The molecule has 1 aliphatic rings. The molecule has 0 aliphatic carbocycles. The molecule has 2 heterocycles. The molecule has 1 saturated heterocycles. The van der Waals surface area contributed by atoms with Crippen molar-refractivity contribution >= 4 is 11.8 Å². The molecule has 2 aromatic rings. The Morgan fingerprint density at radius 2 is 1.86 bits per heavy atom. The Kier molecular flexibility index (Phi) is 7.19. The lowest BCUT2D eigenvalue weighted by atomic mass is 10.2. The van der Waals surface area contributed by atoms with Gasteiger partial charge < -0.3 is 10.2 Å². The molecule has 28 heavy (non-hydrogen) atoms. The van der Waals surface area contributed by atoms with Crippen molar-refractivity contribution in [2.45, 2.75) is 26.2 Å². The van der Waals surface area contributed by atoms with Gasteiger partial charge in [-0.1, -0.05) is 31.5 Å². The van der Waals surface area contributed by atoms with Crippen LogP contribution in [0.4, 0.5) is 0 Å². The molecule has 0 radical (unpaired) electrons. The van der Waals surface area contributed by atoms with E-state index < -0.39 is 0 Å². The Balaban J connectivity index is 1.43. The van der Waals surface area contributed by atoms with Gasteiger partial charge >= 0.3 is 0 Å². The Hall–Kier alpha value is -2.67. The van der Waals surface area contributed by atoms with Crippen molar-refractivity contribution < 1.29 is 9.59 Å². The molecule has 2 amide bonds. The lowest BCUT2D eigenvalue weighted by molar-refractivity contribution is -0.132. The van der Waals surface area contributed by atoms with Gasteiger partial charge in [0.1, 0.15) is 0 Å². The number of amides is 2. The number of para-hydroxylation sites is 1. The smallest absolute Gasteiger partial charge is 0.234 e. The number of unbranched alkanes of at least 4 members (excludes halogenated alkanes) is 1. The molecule has 7 heteroatoms. The average Bonchev–Trinajstić information content (AvgIpc) is 3.18. The minimum atomic E-state index is 0.0709. The van der Waals surface area contributed by atoms with Gasteiger partial charge in [0.15, 0.2) is 0 Å². The monoisotopic (exact) mass is 383 g/mol. The molecule has 150 valence electrons. The first kappa shape index (κ1) is 20.1. The number of hydrogen-bond acceptors (Lipinski definition) is 4. The summed E-state index contributed by atoms with van der Waals surface area (Å²) in [4.78, 5) is 28.5. The van der Waals surface area contributed by atoms with Gasteiger partial charge in [-0.3, -0.25) is 14.5 Å². The normalized spacial score (nSPS) is 14.8. The maximum Gasteiger partial charge on any atom is 0.234 e. The number of carbonyl (C=O) groups is 2. The van der Waals surface area contributed by atoms with Crippen molar-refractivity contribution in [3.8, 4) is 5.69 Å². The summed E-state index contributed by atoms with van der Waals surface area (Å²) >= 11 is 0. The maximum atomic E-state index is 12.6. The summed E-state index contributed by atoms with van der Waals surface area (Å²) in [6.45, 7) is 6.04. The predicted molar refractivity (Wildman–Crippen MR) is 108 cm³/mol. The fraction of sp³-hybridized carbons (Fsp3) is 0.476. The second kappa shape index (κ2) is 10.0. The van der Waals surface area contributed by atoms with Crippen LogP contribution in [0.3, 0.4) is 0 Å². The number of nitrogens with zero attached hydrogens (tertiary/aromatic N) is 4. The van der Waals surface area contributed by atoms with E-state index >= 15 is 0 Å². The van der Waals surface area contributed by atoms with E-state index in [-0.39, 0.29) is 11.8 Å². The van der Waals surface area contributed by atoms with Crippen LogP contribution in [0.15, 0.2) is 42.7 Å². The van der Waals surface area contributed by atoms with Crippen molar-refractivity contribution in [2.24, 2.45) is 0 Å². The van der Waals surface area contributed by atoms with E-state index in [1.165, 1.54) is 0 Å². The molecule has 3 rings (SSSR count). The second-order valence-corrected chi connectivity index (χ2v) is 7.17. The first-order valence-electron chi connectivity index (χ1n) is 10.0. The number of piperazine rings is 1. The third-order valence-corrected chi connectivity index (χ3v) is 4.96. The van der Waals surface area contributed by atoms with Crippen LogP contribution in [0, 0.1) is 0 Å². The van der Waals surface area contributed by atoms with Crippen LogP contribution in [0.25, 0.3) is 5.69 Å². The SMILES string of the molecule is CCCCNC(=O)CN1CCN(C(=O)Cc2cnn(-c3ccccc3)c2)CC1. The van der Waals surface area contributed by atoms with Crippen LogP contribution in [0.2, 0.25) is 0 Å². The molecule has 0 spiro atoms. The van der Waals surface area contributed by atoms with Gasteiger partial charge in [0.2, 0.25) is 11.8 Å². The molecular weight excluding hydrogens is 354 g/mol. The van der Waals surface area contributed by atoms with Gasteiger partial charge in [-0.15, -0.1) is 0 Å². The first-order valence-corrected chi connectivity index (χ1v) is 10.0. The van der Waals surface area contributed by atoms with E-state index in [2.05, 4.69) is 22.2 Å². The highest BCUT2D eigenvalue weighted by Gasteiger charge is 2.22.